The molecular weight excluding hydrogens is 646 g/mol. The highest BCUT2D eigenvalue weighted by Gasteiger charge is 2.50. The maximum Gasteiger partial charge on any atom is 0.326 e. The summed E-state index contributed by atoms with van der Waals surface area (Å²) in [6.07, 6.45) is 1.52. The van der Waals surface area contributed by atoms with E-state index < -0.39 is 32.0 Å². The SMILES string of the molecule is CC(C)(C)[Si](OCC1Cc2ccc(Cl)cc2-c2cc(=O)n(C(C[C@@H]3COCCO3)C(=O)O)cc2CO1)(c1ccccc1)c1ccccc1. The number of carboxylic acid groups (broad SMARTS) is 1. The van der Waals surface area contributed by atoms with Gasteiger partial charge in [0.25, 0.3) is 13.9 Å². The van der Waals surface area contributed by atoms with Gasteiger partial charge in [-0.1, -0.05) is 99.1 Å². The van der Waals surface area contributed by atoms with E-state index in [0.717, 1.165) is 11.1 Å². The molecule has 1 N–H and O–H groups in total. The molecule has 2 aliphatic rings. The molecule has 6 rings (SSSR count). The van der Waals surface area contributed by atoms with Crippen molar-refractivity contribution in [2.45, 2.75) is 63.5 Å². The number of carboxylic acids is 1. The summed E-state index contributed by atoms with van der Waals surface area (Å²) in [4.78, 5) is 26.0. The summed E-state index contributed by atoms with van der Waals surface area (Å²) in [5.41, 5.74) is 2.75. The van der Waals surface area contributed by atoms with Crippen LogP contribution in [0.2, 0.25) is 10.1 Å². The van der Waals surface area contributed by atoms with Crippen molar-refractivity contribution in [3.8, 4) is 11.1 Å². The smallest absolute Gasteiger partial charge is 0.326 e. The van der Waals surface area contributed by atoms with Gasteiger partial charge in [0.2, 0.25) is 0 Å². The van der Waals surface area contributed by atoms with Crippen LogP contribution in [0.25, 0.3) is 11.1 Å². The van der Waals surface area contributed by atoms with Crippen molar-refractivity contribution in [3.63, 3.8) is 0 Å². The summed E-state index contributed by atoms with van der Waals surface area (Å²) in [5.74, 6) is -1.11. The second-order valence-corrected chi connectivity index (χ2v) is 18.3. The highest BCUT2D eigenvalue weighted by Crippen LogP contribution is 2.38. The highest BCUT2D eigenvalue weighted by molar-refractivity contribution is 6.99. The van der Waals surface area contributed by atoms with E-state index in [9.17, 15) is 14.7 Å². The van der Waals surface area contributed by atoms with Crippen LogP contribution in [0.5, 0.6) is 0 Å². The van der Waals surface area contributed by atoms with Gasteiger partial charge in [-0.3, -0.25) is 4.79 Å². The van der Waals surface area contributed by atoms with Crippen LogP contribution in [0.4, 0.5) is 0 Å². The van der Waals surface area contributed by atoms with Gasteiger partial charge in [-0.2, -0.15) is 0 Å². The first-order valence-electron chi connectivity index (χ1n) is 16.4. The minimum atomic E-state index is -2.83. The Bertz CT molecular complexity index is 1750. The topological polar surface area (TPSA) is 96.2 Å². The van der Waals surface area contributed by atoms with Gasteiger partial charge in [-0.15, -0.1) is 0 Å². The van der Waals surface area contributed by atoms with Crippen LogP contribution in [0.1, 0.15) is 44.4 Å². The molecule has 3 aromatic carbocycles. The van der Waals surface area contributed by atoms with Gasteiger partial charge >= 0.3 is 5.97 Å². The molecule has 0 aliphatic carbocycles. The van der Waals surface area contributed by atoms with Gasteiger partial charge in [0, 0.05) is 35.7 Å². The molecule has 48 heavy (non-hydrogen) atoms. The van der Waals surface area contributed by atoms with E-state index >= 15 is 0 Å². The number of carbonyl (C=O) groups is 1. The summed E-state index contributed by atoms with van der Waals surface area (Å²) < 4.78 is 26.4. The molecule has 0 bridgehead atoms. The van der Waals surface area contributed by atoms with Crippen LogP contribution in [0.15, 0.2) is 95.9 Å². The number of benzene rings is 3. The molecule has 2 aliphatic heterocycles. The first kappa shape index (κ1) is 34.3. The van der Waals surface area contributed by atoms with Gasteiger partial charge in [-0.05, 0) is 44.2 Å². The zero-order chi connectivity index (χ0) is 33.9. The summed E-state index contributed by atoms with van der Waals surface area (Å²) in [5, 5.41) is 12.9. The van der Waals surface area contributed by atoms with Crippen LogP contribution >= 0.6 is 11.6 Å². The minimum absolute atomic E-state index is 0.103. The number of halogens is 1. The molecular formula is C38H42ClNO7Si. The Morgan fingerprint density at radius 3 is 2.21 bits per heavy atom. The molecule has 3 heterocycles. The van der Waals surface area contributed by atoms with E-state index in [0.29, 0.717) is 42.4 Å². The van der Waals surface area contributed by atoms with Crippen molar-refractivity contribution < 1.29 is 28.5 Å². The third kappa shape index (κ3) is 7.08. The number of pyridine rings is 1. The third-order valence-corrected chi connectivity index (χ3v) is 14.6. The molecule has 252 valence electrons. The number of aromatic nitrogens is 1. The van der Waals surface area contributed by atoms with E-state index in [1.54, 1.807) is 6.20 Å². The van der Waals surface area contributed by atoms with Crippen LogP contribution in [-0.4, -0.2) is 62.6 Å². The lowest BCUT2D eigenvalue weighted by atomic mass is 9.92. The quantitative estimate of drug-likeness (QED) is 0.228. The van der Waals surface area contributed by atoms with Crippen molar-refractivity contribution in [1.29, 1.82) is 0 Å². The maximum atomic E-state index is 13.6. The Hall–Kier alpha value is -3.57. The molecule has 4 aromatic rings. The summed E-state index contributed by atoms with van der Waals surface area (Å²) in [7, 11) is -2.83. The van der Waals surface area contributed by atoms with Gasteiger partial charge < -0.3 is 28.3 Å². The van der Waals surface area contributed by atoms with Crippen molar-refractivity contribution in [2.75, 3.05) is 26.4 Å². The zero-order valence-electron chi connectivity index (χ0n) is 27.6. The molecule has 0 saturated carbocycles. The second kappa shape index (κ2) is 14.5. The van der Waals surface area contributed by atoms with Crippen LogP contribution in [0.3, 0.4) is 0 Å². The molecule has 0 radical (unpaired) electrons. The minimum Gasteiger partial charge on any atom is -0.480 e. The summed E-state index contributed by atoms with van der Waals surface area (Å²) >= 11 is 6.51. The van der Waals surface area contributed by atoms with E-state index in [1.807, 2.05) is 30.3 Å². The van der Waals surface area contributed by atoms with E-state index in [2.05, 4.69) is 69.3 Å². The first-order valence-corrected chi connectivity index (χ1v) is 18.7. The first-order chi connectivity index (χ1) is 23.1. The fourth-order valence-electron chi connectivity index (χ4n) is 7.03. The predicted octanol–water partition coefficient (Wildman–Crippen LogP) is 5.62. The molecule has 1 fully saturated rings. The van der Waals surface area contributed by atoms with Gasteiger partial charge in [0.05, 0.1) is 45.2 Å². The number of hydrogen-bond acceptors (Lipinski definition) is 6. The van der Waals surface area contributed by atoms with E-state index in [1.165, 1.54) is 21.0 Å². The summed E-state index contributed by atoms with van der Waals surface area (Å²) in [6, 6.07) is 27.0. The lowest BCUT2D eigenvalue weighted by Crippen LogP contribution is -2.67. The highest BCUT2D eigenvalue weighted by atomic mass is 35.5. The van der Waals surface area contributed by atoms with Gasteiger partial charge in [0.1, 0.15) is 6.04 Å². The number of rotatable bonds is 9. The monoisotopic (exact) mass is 687 g/mol. The third-order valence-electron chi connectivity index (χ3n) is 9.34. The van der Waals surface area contributed by atoms with Crippen LogP contribution in [0, 0.1) is 0 Å². The number of hydrogen-bond donors (Lipinski definition) is 1. The largest absolute Gasteiger partial charge is 0.480 e. The lowest BCUT2D eigenvalue weighted by Gasteiger charge is -2.43. The van der Waals surface area contributed by atoms with Crippen molar-refractivity contribution in [2.24, 2.45) is 0 Å². The van der Waals surface area contributed by atoms with Crippen molar-refractivity contribution in [3.05, 3.63) is 118 Å². The number of nitrogens with zero attached hydrogens (tertiary/aromatic N) is 1. The summed E-state index contributed by atoms with van der Waals surface area (Å²) in [6.45, 7) is 8.36. The van der Waals surface area contributed by atoms with E-state index in [-0.39, 0.29) is 30.8 Å². The Morgan fingerprint density at radius 2 is 1.60 bits per heavy atom. The average Bonchev–Trinajstić information content (AvgIpc) is 3.07. The standard InChI is InChI=1S/C38H42ClNO7Si/c1-38(2,3)48(31-10-6-4-7-11-31,32-12-8-5-9-13-32)47-25-29-18-26-14-15-28(39)19-33(26)34-21-36(41)40(22-27(34)23-46-29)35(37(42)43)20-30-24-44-16-17-45-30/h4-15,19,21-22,29-30,35H,16-18,20,23-25H2,1-3H3,(H,42,43)/t29?,30-,35?/m1/s1. The molecule has 3 atom stereocenters. The molecule has 1 aromatic heterocycles. The predicted molar refractivity (Wildman–Crippen MR) is 189 cm³/mol. The Kier molecular flexibility index (Phi) is 10.4. The molecule has 10 heteroatoms. The van der Waals surface area contributed by atoms with Gasteiger partial charge in [0.15, 0.2) is 0 Å². The number of aliphatic carboxylic acids is 1. The number of ether oxygens (including phenoxy) is 3. The van der Waals surface area contributed by atoms with Crippen LogP contribution < -0.4 is 15.9 Å². The van der Waals surface area contributed by atoms with Crippen molar-refractivity contribution in [1.82, 2.24) is 4.57 Å². The molecule has 0 spiro atoms. The van der Waals surface area contributed by atoms with Gasteiger partial charge in [-0.25, -0.2) is 4.79 Å². The molecule has 8 nitrogen and oxygen atoms in total. The van der Waals surface area contributed by atoms with Crippen molar-refractivity contribution >= 4 is 36.3 Å². The Balaban J connectivity index is 1.36. The zero-order valence-corrected chi connectivity index (χ0v) is 29.3. The Labute approximate surface area is 287 Å². The Morgan fingerprint density at radius 1 is 0.938 bits per heavy atom. The average molecular weight is 688 g/mol. The van der Waals surface area contributed by atoms with E-state index in [4.69, 9.17) is 30.2 Å². The molecule has 0 amide bonds. The van der Waals surface area contributed by atoms with Crippen LogP contribution in [-0.2, 0) is 36.5 Å². The second-order valence-electron chi connectivity index (χ2n) is 13.5. The fourth-order valence-corrected chi connectivity index (χ4v) is 11.8. The fraction of sp³-hybridized carbons (Fsp3) is 0.368. The molecule has 1 saturated heterocycles. The number of fused-ring (bicyclic) bond motifs is 3. The molecule has 2 unspecified atom stereocenters. The maximum absolute atomic E-state index is 13.6. The lowest BCUT2D eigenvalue weighted by molar-refractivity contribution is -0.145. The normalized spacial score (nSPS) is 19.0.